The summed E-state index contributed by atoms with van der Waals surface area (Å²) in [5.74, 6) is -0.241. The van der Waals surface area contributed by atoms with Crippen LogP contribution in [-0.4, -0.2) is 19.1 Å². The molecule has 1 N–H and O–H groups in total. The van der Waals surface area contributed by atoms with Crippen molar-refractivity contribution in [2.45, 2.75) is 19.8 Å². The summed E-state index contributed by atoms with van der Waals surface area (Å²) in [6.45, 7) is 3.31. The van der Waals surface area contributed by atoms with Gasteiger partial charge in [0.25, 0.3) is 0 Å². The minimum atomic E-state index is -0.241. The Morgan fingerprint density at radius 3 is 3.12 bits per heavy atom. The summed E-state index contributed by atoms with van der Waals surface area (Å²) in [6.07, 6.45) is 1.64. The SMILES string of the molecule is CCCNC(=O)N1CCc2cc(F)ccc21. The highest BCUT2D eigenvalue weighted by Crippen LogP contribution is 2.28. The van der Waals surface area contributed by atoms with Gasteiger partial charge in [0.05, 0.1) is 0 Å². The second kappa shape index (κ2) is 4.51. The third-order valence-corrected chi connectivity index (χ3v) is 2.71. The minimum Gasteiger partial charge on any atom is -0.338 e. The first-order valence-corrected chi connectivity index (χ1v) is 5.56. The number of anilines is 1. The lowest BCUT2D eigenvalue weighted by Gasteiger charge is -2.17. The summed E-state index contributed by atoms with van der Waals surface area (Å²) in [5.41, 5.74) is 1.74. The molecule has 0 fully saturated rings. The van der Waals surface area contributed by atoms with Crippen LogP contribution in [0.1, 0.15) is 18.9 Å². The van der Waals surface area contributed by atoms with E-state index in [2.05, 4.69) is 5.32 Å². The lowest BCUT2D eigenvalue weighted by molar-refractivity contribution is 0.247. The van der Waals surface area contributed by atoms with E-state index in [9.17, 15) is 9.18 Å². The topological polar surface area (TPSA) is 32.3 Å². The first-order chi connectivity index (χ1) is 7.72. The number of hydrogen-bond donors (Lipinski definition) is 1. The third-order valence-electron chi connectivity index (χ3n) is 2.71. The molecule has 0 spiro atoms. The zero-order chi connectivity index (χ0) is 11.5. The van der Waals surface area contributed by atoms with Gasteiger partial charge in [-0.1, -0.05) is 6.92 Å². The van der Waals surface area contributed by atoms with Crippen LogP contribution in [0.3, 0.4) is 0 Å². The molecular weight excluding hydrogens is 207 g/mol. The number of carbonyl (C=O) groups excluding carboxylic acids is 1. The maximum Gasteiger partial charge on any atom is 0.321 e. The number of fused-ring (bicyclic) bond motifs is 1. The van der Waals surface area contributed by atoms with E-state index < -0.39 is 0 Å². The van der Waals surface area contributed by atoms with Crippen LogP contribution in [0.25, 0.3) is 0 Å². The van der Waals surface area contributed by atoms with Gasteiger partial charge in [0.15, 0.2) is 0 Å². The fourth-order valence-corrected chi connectivity index (χ4v) is 1.91. The molecule has 0 aliphatic carbocycles. The van der Waals surface area contributed by atoms with Crippen LogP contribution in [0.15, 0.2) is 18.2 Å². The largest absolute Gasteiger partial charge is 0.338 e. The highest BCUT2D eigenvalue weighted by atomic mass is 19.1. The van der Waals surface area contributed by atoms with Crippen molar-refractivity contribution in [1.82, 2.24) is 5.32 Å². The van der Waals surface area contributed by atoms with Gasteiger partial charge in [0, 0.05) is 18.8 Å². The molecule has 1 aliphatic rings. The van der Waals surface area contributed by atoms with Crippen molar-refractivity contribution < 1.29 is 9.18 Å². The highest BCUT2D eigenvalue weighted by molar-refractivity contribution is 5.94. The van der Waals surface area contributed by atoms with Crippen molar-refractivity contribution >= 4 is 11.7 Å². The van der Waals surface area contributed by atoms with Gasteiger partial charge in [0.2, 0.25) is 0 Å². The summed E-state index contributed by atoms with van der Waals surface area (Å²) in [5, 5.41) is 2.82. The number of halogens is 1. The van der Waals surface area contributed by atoms with Crippen molar-refractivity contribution in [2.75, 3.05) is 18.0 Å². The van der Waals surface area contributed by atoms with Gasteiger partial charge in [-0.05, 0) is 36.6 Å². The van der Waals surface area contributed by atoms with E-state index in [4.69, 9.17) is 0 Å². The first kappa shape index (κ1) is 10.9. The maximum atomic E-state index is 13.0. The Labute approximate surface area is 94.3 Å². The number of amides is 2. The van der Waals surface area contributed by atoms with Crippen molar-refractivity contribution in [3.8, 4) is 0 Å². The molecule has 2 amide bonds. The zero-order valence-electron chi connectivity index (χ0n) is 9.29. The minimum absolute atomic E-state index is 0.0905. The molecule has 0 atom stereocenters. The van der Waals surface area contributed by atoms with Gasteiger partial charge in [0.1, 0.15) is 5.82 Å². The molecule has 0 aromatic heterocycles. The number of benzene rings is 1. The van der Waals surface area contributed by atoms with E-state index in [-0.39, 0.29) is 11.8 Å². The van der Waals surface area contributed by atoms with Crippen LogP contribution < -0.4 is 10.2 Å². The summed E-state index contributed by atoms with van der Waals surface area (Å²) >= 11 is 0. The number of hydrogen-bond acceptors (Lipinski definition) is 1. The van der Waals surface area contributed by atoms with E-state index in [0.29, 0.717) is 13.1 Å². The Bertz CT molecular complexity index is 406. The number of nitrogens with zero attached hydrogens (tertiary/aromatic N) is 1. The predicted molar refractivity (Wildman–Crippen MR) is 61.1 cm³/mol. The van der Waals surface area contributed by atoms with Gasteiger partial charge < -0.3 is 5.32 Å². The summed E-state index contributed by atoms with van der Waals surface area (Å²) < 4.78 is 13.0. The van der Waals surface area contributed by atoms with Crippen molar-refractivity contribution in [2.24, 2.45) is 0 Å². The van der Waals surface area contributed by atoms with E-state index in [1.54, 1.807) is 11.0 Å². The molecule has 0 radical (unpaired) electrons. The zero-order valence-corrected chi connectivity index (χ0v) is 9.29. The predicted octanol–water partition coefficient (Wildman–Crippen LogP) is 2.31. The lowest BCUT2D eigenvalue weighted by Crippen LogP contribution is -2.39. The Morgan fingerprint density at radius 2 is 2.38 bits per heavy atom. The molecule has 0 saturated carbocycles. The van der Waals surface area contributed by atoms with Crippen LogP contribution in [0.5, 0.6) is 0 Å². The van der Waals surface area contributed by atoms with Crippen molar-refractivity contribution in [3.63, 3.8) is 0 Å². The molecule has 0 unspecified atom stereocenters. The van der Waals surface area contributed by atoms with E-state index in [1.807, 2.05) is 6.92 Å². The summed E-state index contributed by atoms with van der Waals surface area (Å²) in [4.78, 5) is 13.4. The second-order valence-electron chi connectivity index (χ2n) is 3.91. The molecule has 1 heterocycles. The average molecular weight is 222 g/mol. The molecule has 1 aromatic rings. The average Bonchev–Trinajstić information content (AvgIpc) is 2.68. The smallest absolute Gasteiger partial charge is 0.321 e. The van der Waals surface area contributed by atoms with Crippen molar-refractivity contribution in [3.05, 3.63) is 29.6 Å². The van der Waals surface area contributed by atoms with Crippen LogP contribution in [0, 0.1) is 5.82 Å². The fourth-order valence-electron chi connectivity index (χ4n) is 1.91. The van der Waals surface area contributed by atoms with Crippen LogP contribution in [0.4, 0.5) is 14.9 Å². The Balaban J connectivity index is 2.14. The molecule has 2 rings (SSSR count). The first-order valence-electron chi connectivity index (χ1n) is 5.56. The number of urea groups is 1. The Hall–Kier alpha value is -1.58. The van der Waals surface area contributed by atoms with Gasteiger partial charge >= 0.3 is 6.03 Å². The van der Waals surface area contributed by atoms with Gasteiger partial charge in [-0.2, -0.15) is 0 Å². The summed E-state index contributed by atoms with van der Waals surface area (Å²) in [7, 11) is 0. The lowest BCUT2D eigenvalue weighted by atomic mass is 10.2. The normalized spacial score (nSPS) is 13.8. The maximum absolute atomic E-state index is 13.0. The monoisotopic (exact) mass is 222 g/mol. The molecule has 4 heteroatoms. The van der Waals surface area contributed by atoms with Gasteiger partial charge in [-0.15, -0.1) is 0 Å². The quantitative estimate of drug-likeness (QED) is 0.818. The van der Waals surface area contributed by atoms with Crippen LogP contribution in [-0.2, 0) is 6.42 Å². The molecular formula is C12H15FN2O. The summed E-state index contributed by atoms with van der Waals surface area (Å²) in [6, 6.07) is 4.47. The highest BCUT2D eigenvalue weighted by Gasteiger charge is 2.24. The third kappa shape index (κ3) is 2.01. The van der Waals surface area contributed by atoms with Crippen molar-refractivity contribution in [1.29, 1.82) is 0 Å². The number of nitrogens with one attached hydrogen (secondary N) is 1. The molecule has 86 valence electrons. The Kier molecular flexibility index (Phi) is 3.08. The second-order valence-corrected chi connectivity index (χ2v) is 3.91. The van der Waals surface area contributed by atoms with E-state index >= 15 is 0 Å². The van der Waals surface area contributed by atoms with Crippen LogP contribution in [0.2, 0.25) is 0 Å². The molecule has 1 aromatic carbocycles. The van der Waals surface area contributed by atoms with Gasteiger partial charge in [-0.25, -0.2) is 9.18 Å². The van der Waals surface area contributed by atoms with E-state index in [0.717, 1.165) is 24.1 Å². The standard InChI is InChI=1S/C12H15FN2O/c1-2-6-14-12(16)15-7-5-9-8-10(13)3-4-11(9)15/h3-4,8H,2,5-7H2,1H3,(H,14,16). The molecule has 3 nitrogen and oxygen atoms in total. The molecule has 0 bridgehead atoms. The Morgan fingerprint density at radius 1 is 1.56 bits per heavy atom. The molecule has 1 aliphatic heterocycles. The van der Waals surface area contributed by atoms with E-state index in [1.165, 1.54) is 12.1 Å². The van der Waals surface area contributed by atoms with Crippen LogP contribution >= 0.6 is 0 Å². The molecule has 16 heavy (non-hydrogen) atoms. The molecule has 0 saturated heterocycles. The number of rotatable bonds is 2. The number of carbonyl (C=O) groups is 1. The van der Waals surface area contributed by atoms with Gasteiger partial charge in [-0.3, -0.25) is 4.90 Å². The fraction of sp³-hybridized carbons (Fsp3) is 0.417.